The molecule has 3 heterocycles. The molecule has 0 aliphatic rings. The number of hydrogen-bond acceptors (Lipinski definition) is 5. The quantitative estimate of drug-likeness (QED) is 0.521. The zero-order chi connectivity index (χ0) is 22.1. The van der Waals surface area contributed by atoms with E-state index < -0.39 is 6.10 Å². The number of aromatic nitrogens is 3. The molecule has 2 N–H and O–H groups in total. The van der Waals surface area contributed by atoms with Crippen LogP contribution >= 0.6 is 0 Å². The van der Waals surface area contributed by atoms with Crippen LogP contribution < -0.4 is 4.90 Å². The van der Waals surface area contributed by atoms with Crippen molar-refractivity contribution in [3.63, 3.8) is 0 Å². The third-order valence-electron chi connectivity index (χ3n) is 5.29. The number of carbonyl (C=O) groups excluding carboxylic acids is 1. The predicted molar refractivity (Wildman–Crippen MR) is 123 cm³/mol. The maximum Gasteiger partial charge on any atom is 0.255 e. The van der Waals surface area contributed by atoms with Crippen molar-refractivity contribution in [2.24, 2.45) is 0 Å². The van der Waals surface area contributed by atoms with Gasteiger partial charge in [-0.25, -0.2) is 4.98 Å². The molecule has 0 spiro atoms. The van der Waals surface area contributed by atoms with E-state index in [1.807, 2.05) is 26.4 Å². The van der Waals surface area contributed by atoms with E-state index >= 15 is 0 Å². The Hall–Kier alpha value is -3.71. The number of rotatable bonds is 5. The number of benzene rings is 1. The molecule has 31 heavy (non-hydrogen) atoms. The Balaban J connectivity index is 1.76. The minimum absolute atomic E-state index is 0.388. The van der Waals surface area contributed by atoms with Crippen molar-refractivity contribution in [1.29, 1.82) is 0 Å². The number of aromatic amines is 1. The monoisotopic (exact) mass is 415 g/mol. The second-order valence-electron chi connectivity index (χ2n) is 7.91. The first-order valence-electron chi connectivity index (χ1n) is 9.94. The van der Waals surface area contributed by atoms with Gasteiger partial charge in [0.1, 0.15) is 5.65 Å². The average Bonchev–Trinajstić information content (AvgIpc) is 3.21. The lowest BCUT2D eigenvalue weighted by Crippen LogP contribution is -2.28. The maximum atomic E-state index is 12.1. The maximum absolute atomic E-state index is 12.1. The van der Waals surface area contributed by atoms with Gasteiger partial charge in [-0.05, 0) is 29.8 Å². The van der Waals surface area contributed by atoms with E-state index in [9.17, 15) is 9.90 Å². The Morgan fingerprint density at radius 1 is 1.00 bits per heavy atom. The molecule has 0 saturated heterocycles. The summed E-state index contributed by atoms with van der Waals surface area (Å²) >= 11 is 0. The highest BCUT2D eigenvalue weighted by Crippen LogP contribution is 2.33. The summed E-state index contributed by atoms with van der Waals surface area (Å²) in [6, 6.07) is 12.2. The fraction of sp³-hybridized carbons (Fsp3) is 0.208. The number of pyridine rings is 2. The van der Waals surface area contributed by atoms with Crippen LogP contribution in [0, 0.1) is 0 Å². The summed E-state index contributed by atoms with van der Waals surface area (Å²) in [6.45, 7) is 0. The predicted octanol–water partition coefficient (Wildman–Crippen LogP) is 3.48. The molecule has 0 radical (unpaired) electrons. The van der Waals surface area contributed by atoms with Crippen LogP contribution in [0.3, 0.4) is 0 Å². The standard InChI is InChI=1S/C24H25N5O2/c1-28(2)19-7-5-6-15(9-19)21-14-27-23-20(21)10-17(13-26-23)16-8-18(12-25-11-16)22(30)24(31)29(3)4/h5-14,22,30H,1-4H3,(H,26,27). The van der Waals surface area contributed by atoms with E-state index in [2.05, 4.69) is 44.1 Å². The SMILES string of the molecule is CN(C)C(=O)C(O)c1cncc(-c2cnc3[nH]cc(-c4cccc(N(C)C)c4)c3c2)c1. The van der Waals surface area contributed by atoms with Gasteiger partial charge in [0, 0.05) is 86.3 Å². The van der Waals surface area contributed by atoms with E-state index in [0.29, 0.717) is 5.56 Å². The van der Waals surface area contributed by atoms with Gasteiger partial charge < -0.3 is 19.9 Å². The summed E-state index contributed by atoms with van der Waals surface area (Å²) in [5, 5.41) is 11.4. The van der Waals surface area contributed by atoms with Gasteiger partial charge in [0.25, 0.3) is 5.91 Å². The number of likely N-dealkylation sites (N-methyl/N-ethyl adjacent to an activating group) is 1. The van der Waals surface area contributed by atoms with Crippen molar-refractivity contribution in [3.05, 3.63) is 66.7 Å². The minimum atomic E-state index is -1.25. The summed E-state index contributed by atoms with van der Waals surface area (Å²) in [4.78, 5) is 27.6. The third-order valence-corrected chi connectivity index (χ3v) is 5.29. The van der Waals surface area contributed by atoms with E-state index in [4.69, 9.17) is 0 Å². The van der Waals surface area contributed by atoms with Crippen molar-refractivity contribution in [2.45, 2.75) is 6.10 Å². The van der Waals surface area contributed by atoms with Crippen molar-refractivity contribution in [1.82, 2.24) is 19.9 Å². The summed E-state index contributed by atoms with van der Waals surface area (Å²) in [5.74, 6) is -0.388. The molecule has 7 heteroatoms. The molecule has 158 valence electrons. The molecule has 1 amide bonds. The number of aliphatic hydroxyl groups is 1. The molecule has 7 nitrogen and oxygen atoms in total. The smallest absolute Gasteiger partial charge is 0.255 e. The molecule has 0 saturated carbocycles. The fourth-order valence-corrected chi connectivity index (χ4v) is 3.50. The molecule has 0 aliphatic heterocycles. The lowest BCUT2D eigenvalue weighted by Gasteiger charge is -2.16. The third kappa shape index (κ3) is 4.00. The van der Waals surface area contributed by atoms with E-state index in [1.165, 1.54) is 11.1 Å². The van der Waals surface area contributed by atoms with Gasteiger partial charge >= 0.3 is 0 Å². The fourth-order valence-electron chi connectivity index (χ4n) is 3.50. The molecule has 0 fully saturated rings. The van der Waals surface area contributed by atoms with Crippen LogP contribution in [0.5, 0.6) is 0 Å². The molecule has 0 bridgehead atoms. The van der Waals surface area contributed by atoms with Gasteiger partial charge in [-0.3, -0.25) is 9.78 Å². The lowest BCUT2D eigenvalue weighted by molar-refractivity contribution is -0.137. The average molecular weight is 415 g/mol. The zero-order valence-electron chi connectivity index (χ0n) is 18.0. The molecule has 1 atom stereocenters. The number of nitrogens with one attached hydrogen (secondary N) is 1. The first-order valence-corrected chi connectivity index (χ1v) is 9.94. The van der Waals surface area contributed by atoms with Crippen LogP contribution in [-0.4, -0.2) is 59.1 Å². The number of nitrogens with zero attached hydrogens (tertiary/aromatic N) is 4. The summed E-state index contributed by atoms with van der Waals surface area (Å²) < 4.78 is 0. The molecule has 4 aromatic rings. The Morgan fingerprint density at radius 3 is 2.52 bits per heavy atom. The van der Waals surface area contributed by atoms with Gasteiger partial charge in [0.05, 0.1) is 0 Å². The summed E-state index contributed by atoms with van der Waals surface area (Å²) in [5.41, 5.74) is 6.15. The highest BCUT2D eigenvalue weighted by Gasteiger charge is 2.20. The molecule has 1 unspecified atom stereocenters. The Labute approximate surface area is 181 Å². The molecule has 3 aromatic heterocycles. The van der Waals surface area contributed by atoms with Crippen molar-refractivity contribution in [3.8, 4) is 22.3 Å². The van der Waals surface area contributed by atoms with Crippen LogP contribution in [0.25, 0.3) is 33.3 Å². The van der Waals surface area contributed by atoms with Crippen molar-refractivity contribution < 1.29 is 9.90 Å². The Kier molecular flexibility index (Phi) is 5.44. The van der Waals surface area contributed by atoms with Gasteiger partial charge in [-0.2, -0.15) is 0 Å². The molecular weight excluding hydrogens is 390 g/mol. The highest BCUT2D eigenvalue weighted by atomic mass is 16.3. The summed E-state index contributed by atoms with van der Waals surface area (Å²) in [6.07, 6.45) is 5.69. The molecule has 4 rings (SSSR count). The van der Waals surface area contributed by atoms with Gasteiger partial charge in [0.2, 0.25) is 0 Å². The lowest BCUT2D eigenvalue weighted by atomic mass is 10.0. The normalized spacial score (nSPS) is 12.0. The van der Waals surface area contributed by atoms with Crippen LogP contribution in [0.1, 0.15) is 11.7 Å². The number of aliphatic hydroxyl groups excluding tert-OH is 1. The largest absolute Gasteiger partial charge is 0.378 e. The first-order chi connectivity index (χ1) is 14.8. The van der Waals surface area contributed by atoms with Crippen LogP contribution in [-0.2, 0) is 4.79 Å². The number of anilines is 1. The van der Waals surface area contributed by atoms with Crippen LogP contribution in [0.15, 0.2) is 61.2 Å². The van der Waals surface area contributed by atoms with Crippen molar-refractivity contribution >= 4 is 22.6 Å². The van der Waals surface area contributed by atoms with E-state index in [1.54, 1.807) is 32.6 Å². The number of H-pyrrole nitrogens is 1. The molecule has 1 aromatic carbocycles. The molecule has 0 aliphatic carbocycles. The number of carbonyl (C=O) groups is 1. The molecular formula is C24H25N5O2. The zero-order valence-corrected chi connectivity index (χ0v) is 18.0. The Bertz CT molecular complexity index is 1250. The van der Waals surface area contributed by atoms with Crippen LogP contribution in [0.2, 0.25) is 0 Å². The number of fused-ring (bicyclic) bond motifs is 1. The van der Waals surface area contributed by atoms with Gasteiger partial charge in [-0.15, -0.1) is 0 Å². The summed E-state index contributed by atoms with van der Waals surface area (Å²) in [7, 11) is 7.26. The van der Waals surface area contributed by atoms with Gasteiger partial charge in [0.15, 0.2) is 6.10 Å². The minimum Gasteiger partial charge on any atom is -0.378 e. The van der Waals surface area contributed by atoms with Gasteiger partial charge in [-0.1, -0.05) is 12.1 Å². The second-order valence-corrected chi connectivity index (χ2v) is 7.91. The van der Waals surface area contributed by atoms with E-state index in [0.717, 1.165) is 39.0 Å². The van der Waals surface area contributed by atoms with Crippen molar-refractivity contribution in [2.75, 3.05) is 33.1 Å². The number of hydrogen-bond donors (Lipinski definition) is 2. The first kappa shape index (κ1) is 20.6. The highest BCUT2D eigenvalue weighted by molar-refractivity contribution is 5.96. The topological polar surface area (TPSA) is 85.4 Å². The Morgan fingerprint density at radius 2 is 1.77 bits per heavy atom. The van der Waals surface area contributed by atoms with E-state index in [-0.39, 0.29) is 5.91 Å². The van der Waals surface area contributed by atoms with Crippen LogP contribution in [0.4, 0.5) is 5.69 Å². The number of amides is 1. The second kappa shape index (κ2) is 8.20.